The summed E-state index contributed by atoms with van der Waals surface area (Å²) in [5.41, 5.74) is 6.69. The van der Waals surface area contributed by atoms with Crippen LogP contribution in [-0.2, 0) is 0 Å². The Morgan fingerprint density at radius 2 is 2.30 bits per heavy atom. The fraction of sp³-hybridized carbons (Fsp3) is 0.400. The Hall–Kier alpha value is -1.59. The average Bonchev–Trinajstić information content (AvgIpc) is 3.01. The van der Waals surface area contributed by atoms with Crippen LogP contribution in [0.2, 0.25) is 0 Å². The number of benzene rings is 1. The van der Waals surface area contributed by atoms with Gasteiger partial charge >= 0.3 is 0 Å². The standard InChI is InChI=1S/C15H19N3OS/c1-18-8-4-5-10(18)9-17-15(19)14-13(16)11-6-2-3-7-12(11)20-14/h2-3,6-7,10H,4-5,8-9,16H2,1H3,(H,17,19). The second-order valence-corrected chi connectivity index (χ2v) is 6.38. The molecule has 1 aromatic heterocycles. The van der Waals surface area contributed by atoms with Crippen molar-refractivity contribution < 1.29 is 4.79 Å². The van der Waals surface area contributed by atoms with E-state index in [4.69, 9.17) is 5.73 Å². The van der Waals surface area contributed by atoms with Gasteiger partial charge in [0.25, 0.3) is 5.91 Å². The highest BCUT2D eigenvalue weighted by molar-refractivity contribution is 7.21. The van der Waals surface area contributed by atoms with Crippen LogP contribution in [0.15, 0.2) is 24.3 Å². The van der Waals surface area contributed by atoms with E-state index >= 15 is 0 Å². The summed E-state index contributed by atoms with van der Waals surface area (Å²) in [5.74, 6) is -0.0519. The van der Waals surface area contributed by atoms with Gasteiger partial charge in [-0.2, -0.15) is 0 Å². The van der Waals surface area contributed by atoms with Gasteiger partial charge in [0.2, 0.25) is 0 Å². The van der Waals surface area contributed by atoms with Gasteiger partial charge in [0, 0.05) is 22.7 Å². The highest BCUT2D eigenvalue weighted by Crippen LogP contribution is 2.33. The fourth-order valence-corrected chi connectivity index (χ4v) is 3.80. The van der Waals surface area contributed by atoms with Crippen molar-refractivity contribution in [2.75, 3.05) is 25.9 Å². The summed E-state index contributed by atoms with van der Waals surface area (Å²) in [4.78, 5) is 15.2. The number of fused-ring (bicyclic) bond motifs is 1. The number of likely N-dealkylation sites (tertiary alicyclic amines) is 1. The number of likely N-dealkylation sites (N-methyl/N-ethyl adjacent to an activating group) is 1. The van der Waals surface area contributed by atoms with Crippen LogP contribution < -0.4 is 11.1 Å². The molecule has 0 aliphatic carbocycles. The molecule has 106 valence electrons. The molecule has 3 rings (SSSR count). The van der Waals surface area contributed by atoms with Gasteiger partial charge < -0.3 is 16.0 Å². The second-order valence-electron chi connectivity index (χ2n) is 5.33. The number of amides is 1. The lowest BCUT2D eigenvalue weighted by atomic mass is 10.2. The molecule has 1 aliphatic rings. The smallest absolute Gasteiger partial charge is 0.263 e. The molecular formula is C15H19N3OS. The van der Waals surface area contributed by atoms with Gasteiger partial charge in [0.1, 0.15) is 4.88 Å². The van der Waals surface area contributed by atoms with Crippen molar-refractivity contribution >= 4 is 33.0 Å². The van der Waals surface area contributed by atoms with Gasteiger partial charge in [-0.25, -0.2) is 0 Å². The van der Waals surface area contributed by atoms with Crippen molar-refractivity contribution in [1.29, 1.82) is 0 Å². The molecule has 1 fully saturated rings. The first kappa shape index (κ1) is 13.4. The number of nitrogens with two attached hydrogens (primary N) is 1. The van der Waals surface area contributed by atoms with Crippen molar-refractivity contribution in [3.05, 3.63) is 29.1 Å². The zero-order valence-electron chi connectivity index (χ0n) is 11.6. The number of nitrogens with one attached hydrogen (secondary N) is 1. The van der Waals surface area contributed by atoms with Crippen molar-refractivity contribution in [2.24, 2.45) is 0 Å². The summed E-state index contributed by atoms with van der Waals surface area (Å²) in [5, 5.41) is 4.00. The SMILES string of the molecule is CN1CCCC1CNC(=O)c1sc2ccccc2c1N. The number of rotatable bonds is 3. The number of anilines is 1. The minimum Gasteiger partial charge on any atom is -0.397 e. The Morgan fingerprint density at radius 3 is 3.00 bits per heavy atom. The number of carbonyl (C=O) groups excluding carboxylic acids is 1. The molecule has 1 aromatic carbocycles. The quantitative estimate of drug-likeness (QED) is 0.911. The summed E-state index contributed by atoms with van der Waals surface area (Å²) in [6, 6.07) is 8.32. The van der Waals surface area contributed by atoms with Crippen LogP contribution in [0.5, 0.6) is 0 Å². The molecule has 1 amide bonds. The Labute approximate surface area is 122 Å². The number of hydrogen-bond donors (Lipinski definition) is 2. The van der Waals surface area contributed by atoms with E-state index in [1.165, 1.54) is 17.8 Å². The normalized spacial score (nSPS) is 19.6. The van der Waals surface area contributed by atoms with Crippen LogP contribution in [0, 0.1) is 0 Å². The van der Waals surface area contributed by atoms with Crippen molar-refractivity contribution in [3.63, 3.8) is 0 Å². The number of carbonyl (C=O) groups is 1. The summed E-state index contributed by atoms with van der Waals surface area (Å²) >= 11 is 1.46. The van der Waals surface area contributed by atoms with Crippen LogP contribution in [0.4, 0.5) is 5.69 Å². The highest BCUT2D eigenvalue weighted by atomic mass is 32.1. The van der Waals surface area contributed by atoms with Crippen molar-refractivity contribution in [1.82, 2.24) is 10.2 Å². The maximum Gasteiger partial charge on any atom is 0.263 e. The van der Waals surface area contributed by atoms with E-state index in [1.807, 2.05) is 24.3 Å². The van der Waals surface area contributed by atoms with E-state index in [0.29, 0.717) is 23.2 Å². The lowest BCUT2D eigenvalue weighted by molar-refractivity contribution is 0.0948. The third kappa shape index (κ3) is 2.39. The number of hydrogen-bond acceptors (Lipinski definition) is 4. The summed E-state index contributed by atoms with van der Waals surface area (Å²) in [7, 11) is 2.11. The Balaban J connectivity index is 1.74. The van der Waals surface area contributed by atoms with E-state index in [1.54, 1.807) is 0 Å². The largest absolute Gasteiger partial charge is 0.397 e. The predicted octanol–water partition coefficient (Wildman–Crippen LogP) is 2.31. The molecule has 1 unspecified atom stereocenters. The summed E-state index contributed by atoms with van der Waals surface area (Å²) in [6.07, 6.45) is 2.36. The topological polar surface area (TPSA) is 58.4 Å². The minimum absolute atomic E-state index is 0.0519. The van der Waals surface area contributed by atoms with Gasteiger partial charge in [-0.05, 0) is 32.5 Å². The molecule has 0 bridgehead atoms. The van der Waals surface area contributed by atoms with Gasteiger partial charge in [-0.1, -0.05) is 18.2 Å². The zero-order chi connectivity index (χ0) is 14.1. The van der Waals surface area contributed by atoms with Crippen molar-refractivity contribution in [2.45, 2.75) is 18.9 Å². The Kier molecular flexibility index (Phi) is 3.63. The van der Waals surface area contributed by atoms with E-state index in [0.717, 1.165) is 23.1 Å². The molecule has 0 spiro atoms. The first-order valence-corrected chi connectivity index (χ1v) is 7.74. The zero-order valence-corrected chi connectivity index (χ0v) is 12.4. The molecule has 1 aliphatic heterocycles. The second kappa shape index (κ2) is 5.42. The van der Waals surface area contributed by atoms with E-state index in [9.17, 15) is 4.79 Å². The molecule has 2 aromatic rings. The highest BCUT2D eigenvalue weighted by Gasteiger charge is 2.22. The summed E-state index contributed by atoms with van der Waals surface area (Å²) in [6.45, 7) is 1.81. The van der Waals surface area contributed by atoms with Crippen molar-refractivity contribution in [3.8, 4) is 0 Å². The molecule has 5 heteroatoms. The predicted molar refractivity (Wildman–Crippen MR) is 84.2 cm³/mol. The third-order valence-corrected chi connectivity index (χ3v) is 5.20. The molecule has 4 nitrogen and oxygen atoms in total. The van der Waals surface area contributed by atoms with E-state index in [2.05, 4.69) is 17.3 Å². The molecule has 2 heterocycles. The molecule has 0 radical (unpaired) electrons. The van der Waals surface area contributed by atoms with Gasteiger partial charge in [0.05, 0.1) is 5.69 Å². The first-order chi connectivity index (χ1) is 9.66. The molecular weight excluding hydrogens is 270 g/mol. The van der Waals surface area contributed by atoms with Crippen LogP contribution in [0.1, 0.15) is 22.5 Å². The lowest BCUT2D eigenvalue weighted by Gasteiger charge is -2.19. The third-order valence-electron chi connectivity index (χ3n) is 4.01. The maximum atomic E-state index is 12.3. The summed E-state index contributed by atoms with van der Waals surface area (Å²) < 4.78 is 1.06. The molecule has 1 saturated heterocycles. The van der Waals surface area contributed by atoms with E-state index in [-0.39, 0.29) is 5.91 Å². The van der Waals surface area contributed by atoms with Crippen LogP contribution in [0.25, 0.3) is 10.1 Å². The van der Waals surface area contributed by atoms with Crippen LogP contribution in [-0.4, -0.2) is 37.0 Å². The number of thiophene rings is 1. The number of nitrogens with zero attached hydrogens (tertiary/aromatic N) is 1. The van der Waals surface area contributed by atoms with Crippen LogP contribution >= 0.6 is 11.3 Å². The van der Waals surface area contributed by atoms with E-state index < -0.39 is 0 Å². The lowest BCUT2D eigenvalue weighted by Crippen LogP contribution is -2.38. The van der Waals surface area contributed by atoms with Gasteiger partial charge in [0.15, 0.2) is 0 Å². The minimum atomic E-state index is -0.0519. The monoisotopic (exact) mass is 289 g/mol. The van der Waals surface area contributed by atoms with Gasteiger partial charge in [-0.3, -0.25) is 4.79 Å². The molecule has 1 atom stereocenters. The van der Waals surface area contributed by atoms with Crippen LogP contribution in [0.3, 0.4) is 0 Å². The Bertz CT molecular complexity index is 637. The maximum absolute atomic E-state index is 12.3. The molecule has 3 N–H and O–H groups in total. The number of nitrogen functional groups attached to an aromatic ring is 1. The van der Waals surface area contributed by atoms with Gasteiger partial charge in [-0.15, -0.1) is 11.3 Å². The molecule has 0 saturated carbocycles. The first-order valence-electron chi connectivity index (χ1n) is 6.92. The molecule has 20 heavy (non-hydrogen) atoms. The average molecular weight is 289 g/mol. The fourth-order valence-electron chi connectivity index (χ4n) is 2.76. The Morgan fingerprint density at radius 1 is 1.50 bits per heavy atom.